The van der Waals surface area contributed by atoms with Gasteiger partial charge >= 0.3 is 0 Å². The highest BCUT2D eigenvalue weighted by molar-refractivity contribution is 5.93. The average molecular weight is 313 g/mol. The Morgan fingerprint density at radius 1 is 1.04 bits per heavy atom. The Morgan fingerprint density at radius 3 is 2.39 bits per heavy atom. The van der Waals surface area contributed by atoms with Gasteiger partial charge < -0.3 is 19.5 Å². The van der Waals surface area contributed by atoms with Gasteiger partial charge in [-0.05, 0) is 24.3 Å². The molecule has 0 heterocycles. The number of anilines is 1. The van der Waals surface area contributed by atoms with E-state index in [1.165, 1.54) is 0 Å². The molecule has 120 valence electrons. The predicted molar refractivity (Wildman–Crippen MR) is 89.3 cm³/mol. The van der Waals surface area contributed by atoms with Crippen LogP contribution in [-0.4, -0.2) is 26.2 Å². The molecule has 0 aliphatic heterocycles. The summed E-state index contributed by atoms with van der Waals surface area (Å²) in [4.78, 5) is 12.1. The van der Waals surface area contributed by atoms with E-state index in [0.717, 1.165) is 0 Å². The highest BCUT2D eigenvalue weighted by Crippen LogP contribution is 2.26. The van der Waals surface area contributed by atoms with Gasteiger partial charge in [-0.15, -0.1) is 0 Å². The number of nitrogens with one attached hydrogen (secondary N) is 1. The standard InChI is InChI=1S/C18H19NO4/c1-3-12-22-15-9-5-4-8-14(15)19-18(20)13-23-17-11-7-6-10-16(17)21-2/h3-11H,1,12-13H2,2H3,(H,19,20). The third-order valence-electron chi connectivity index (χ3n) is 2.95. The number of amides is 1. The smallest absolute Gasteiger partial charge is 0.262 e. The third kappa shape index (κ3) is 4.78. The fraction of sp³-hybridized carbons (Fsp3) is 0.167. The van der Waals surface area contributed by atoms with Crippen molar-refractivity contribution in [1.29, 1.82) is 0 Å². The Balaban J connectivity index is 1.96. The zero-order valence-corrected chi connectivity index (χ0v) is 13.0. The minimum Gasteiger partial charge on any atom is -0.493 e. The Bertz CT molecular complexity index is 670. The molecule has 2 aromatic carbocycles. The Morgan fingerprint density at radius 2 is 1.70 bits per heavy atom. The van der Waals surface area contributed by atoms with Crippen molar-refractivity contribution in [3.05, 3.63) is 61.2 Å². The lowest BCUT2D eigenvalue weighted by molar-refractivity contribution is -0.118. The van der Waals surface area contributed by atoms with E-state index in [-0.39, 0.29) is 12.5 Å². The van der Waals surface area contributed by atoms with Crippen LogP contribution in [0.15, 0.2) is 61.2 Å². The molecule has 0 saturated heterocycles. The van der Waals surface area contributed by atoms with E-state index < -0.39 is 0 Å². The first-order valence-electron chi connectivity index (χ1n) is 7.13. The Labute approximate surface area is 135 Å². The molecule has 0 bridgehead atoms. The van der Waals surface area contributed by atoms with E-state index in [1.807, 2.05) is 24.3 Å². The summed E-state index contributed by atoms with van der Waals surface area (Å²) in [5.41, 5.74) is 0.586. The maximum absolute atomic E-state index is 12.1. The molecule has 0 saturated carbocycles. The first-order valence-corrected chi connectivity index (χ1v) is 7.13. The van der Waals surface area contributed by atoms with Gasteiger partial charge in [-0.25, -0.2) is 0 Å². The fourth-order valence-corrected chi connectivity index (χ4v) is 1.91. The van der Waals surface area contributed by atoms with E-state index in [0.29, 0.717) is 29.5 Å². The van der Waals surface area contributed by atoms with Gasteiger partial charge in [0.25, 0.3) is 5.91 Å². The van der Waals surface area contributed by atoms with Crippen molar-refractivity contribution in [3.63, 3.8) is 0 Å². The second-order valence-corrected chi connectivity index (χ2v) is 4.58. The van der Waals surface area contributed by atoms with Crippen LogP contribution < -0.4 is 19.5 Å². The van der Waals surface area contributed by atoms with Crippen LogP contribution in [-0.2, 0) is 4.79 Å². The number of rotatable bonds is 8. The molecule has 23 heavy (non-hydrogen) atoms. The van der Waals surface area contributed by atoms with Crippen molar-refractivity contribution in [2.45, 2.75) is 0 Å². The van der Waals surface area contributed by atoms with Crippen LogP contribution in [0.25, 0.3) is 0 Å². The molecule has 0 atom stereocenters. The van der Waals surface area contributed by atoms with E-state index in [2.05, 4.69) is 11.9 Å². The van der Waals surface area contributed by atoms with Gasteiger partial charge in [0.2, 0.25) is 0 Å². The highest BCUT2D eigenvalue weighted by atomic mass is 16.5. The summed E-state index contributed by atoms with van der Waals surface area (Å²) in [6, 6.07) is 14.3. The van der Waals surface area contributed by atoms with E-state index in [1.54, 1.807) is 37.5 Å². The van der Waals surface area contributed by atoms with Crippen LogP contribution in [0.5, 0.6) is 17.2 Å². The summed E-state index contributed by atoms with van der Waals surface area (Å²) < 4.78 is 16.2. The molecule has 0 spiro atoms. The molecular weight excluding hydrogens is 294 g/mol. The molecular formula is C18H19NO4. The maximum atomic E-state index is 12.1. The van der Waals surface area contributed by atoms with Crippen molar-refractivity contribution >= 4 is 11.6 Å². The summed E-state index contributed by atoms with van der Waals surface area (Å²) in [5.74, 6) is 1.39. The van der Waals surface area contributed by atoms with E-state index >= 15 is 0 Å². The third-order valence-corrected chi connectivity index (χ3v) is 2.95. The molecule has 0 aliphatic rings. The van der Waals surface area contributed by atoms with Crippen molar-refractivity contribution in [1.82, 2.24) is 0 Å². The first kappa shape index (κ1) is 16.4. The monoisotopic (exact) mass is 313 g/mol. The summed E-state index contributed by atoms with van der Waals surface area (Å²) >= 11 is 0. The molecule has 5 heteroatoms. The number of hydrogen-bond donors (Lipinski definition) is 1. The highest BCUT2D eigenvalue weighted by Gasteiger charge is 2.09. The van der Waals surface area contributed by atoms with Crippen molar-refractivity contribution in [2.24, 2.45) is 0 Å². The molecule has 1 N–H and O–H groups in total. The van der Waals surface area contributed by atoms with Gasteiger partial charge in [-0.2, -0.15) is 0 Å². The quantitative estimate of drug-likeness (QED) is 0.760. The molecule has 1 amide bonds. The molecule has 0 aromatic heterocycles. The largest absolute Gasteiger partial charge is 0.493 e. The van der Waals surface area contributed by atoms with Crippen LogP contribution in [0.3, 0.4) is 0 Å². The molecule has 0 unspecified atom stereocenters. The molecule has 5 nitrogen and oxygen atoms in total. The van der Waals surface area contributed by atoms with Crippen LogP contribution in [0.4, 0.5) is 5.69 Å². The second-order valence-electron chi connectivity index (χ2n) is 4.58. The lowest BCUT2D eigenvalue weighted by Crippen LogP contribution is -2.20. The predicted octanol–water partition coefficient (Wildman–Crippen LogP) is 3.28. The van der Waals surface area contributed by atoms with Crippen molar-refractivity contribution < 1.29 is 19.0 Å². The lowest BCUT2D eigenvalue weighted by atomic mass is 10.3. The second kappa shape index (κ2) is 8.48. The number of methoxy groups -OCH3 is 1. The summed E-state index contributed by atoms with van der Waals surface area (Å²) in [7, 11) is 1.55. The Kier molecular flexibility index (Phi) is 6.06. The number of ether oxygens (including phenoxy) is 3. The van der Waals surface area contributed by atoms with Gasteiger partial charge in [-0.3, -0.25) is 4.79 Å². The molecule has 0 aliphatic carbocycles. The molecule has 0 radical (unpaired) electrons. The van der Waals surface area contributed by atoms with Crippen molar-refractivity contribution in [2.75, 3.05) is 25.6 Å². The SMILES string of the molecule is C=CCOc1ccccc1NC(=O)COc1ccccc1OC. The van der Waals surface area contributed by atoms with Gasteiger partial charge in [0.15, 0.2) is 18.1 Å². The normalized spacial score (nSPS) is 9.78. The van der Waals surface area contributed by atoms with Gasteiger partial charge in [-0.1, -0.05) is 36.9 Å². The van der Waals surface area contributed by atoms with E-state index in [4.69, 9.17) is 14.2 Å². The average Bonchev–Trinajstić information content (AvgIpc) is 2.59. The van der Waals surface area contributed by atoms with Gasteiger partial charge in [0.05, 0.1) is 12.8 Å². The van der Waals surface area contributed by atoms with Crippen molar-refractivity contribution in [3.8, 4) is 17.2 Å². The summed E-state index contributed by atoms with van der Waals surface area (Å²) in [6.45, 7) is 3.84. The zero-order chi connectivity index (χ0) is 16.5. The fourth-order valence-electron chi connectivity index (χ4n) is 1.91. The Hall–Kier alpha value is -2.95. The number of benzene rings is 2. The van der Waals surface area contributed by atoms with Gasteiger partial charge in [0.1, 0.15) is 12.4 Å². The molecule has 2 rings (SSSR count). The zero-order valence-electron chi connectivity index (χ0n) is 13.0. The van der Waals surface area contributed by atoms with Gasteiger partial charge in [0, 0.05) is 0 Å². The minimum absolute atomic E-state index is 0.129. The summed E-state index contributed by atoms with van der Waals surface area (Å²) in [5, 5.41) is 2.76. The molecule has 2 aromatic rings. The summed E-state index contributed by atoms with van der Waals surface area (Å²) in [6.07, 6.45) is 1.64. The maximum Gasteiger partial charge on any atom is 0.262 e. The number of carbonyl (C=O) groups is 1. The van der Waals surface area contributed by atoms with Crippen LogP contribution in [0, 0.1) is 0 Å². The van der Waals surface area contributed by atoms with E-state index in [9.17, 15) is 4.79 Å². The lowest BCUT2D eigenvalue weighted by Gasteiger charge is -2.13. The van der Waals surface area contributed by atoms with Crippen LogP contribution in [0.1, 0.15) is 0 Å². The number of carbonyl (C=O) groups excluding carboxylic acids is 1. The van der Waals surface area contributed by atoms with Crippen LogP contribution >= 0.6 is 0 Å². The minimum atomic E-state index is -0.287. The molecule has 0 fully saturated rings. The number of hydrogen-bond acceptors (Lipinski definition) is 4. The first-order chi connectivity index (χ1) is 11.2. The van der Waals surface area contributed by atoms with Crippen LogP contribution in [0.2, 0.25) is 0 Å². The topological polar surface area (TPSA) is 56.8 Å². The number of para-hydroxylation sites is 4.